The molecule has 0 saturated carbocycles. The topological polar surface area (TPSA) is 21.3 Å². The third-order valence-electron chi connectivity index (χ3n) is 3.31. The molecule has 1 aromatic rings. The molecule has 0 radical (unpaired) electrons. The first-order valence-corrected chi connectivity index (χ1v) is 8.06. The predicted octanol–water partition coefficient (Wildman–Crippen LogP) is 5.62. The number of methoxy groups -OCH3 is 1. The molecule has 0 fully saturated rings. The second-order valence-corrected chi connectivity index (χ2v) is 5.95. The quantitative estimate of drug-likeness (QED) is 0.594. The Balaban J connectivity index is 2.31. The van der Waals surface area contributed by atoms with Gasteiger partial charge in [-0.1, -0.05) is 39.0 Å². The van der Waals surface area contributed by atoms with E-state index in [0.29, 0.717) is 6.04 Å². The predicted molar refractivity (Wildman–Crippen MR) is 87.2 cm³/mol. The van der Waals surface area contributed by atoms with E-state index in [2.05, 4.69) is 47.2 Å². The summed E-state index contributed by atoms with van der Waals surface area (Å²) in [5.74, 6) is 0.873. The van der Waals surface area contributed by atoms with Gasteiger partial charge in [0, 0.05) is 11.7 Å². The highest BCUT2D eigenvalue weighted by Gasteiger charge is 2.05. The third-order valence-corrected chi connectivity index (χ3v) is 3.93. The SMILES string of the molecule is CCCCCCCC(C)Nc1ccc(OC)c(Br)c1. The first kappa shape index (κ1) is 16.4. The lowest BCUT2D eigenvalue weighted by atomic mass is 10.1. The second kappa shape index (κ2) is 9.24. The summed E-state index contributed by atoms with van der Waals surface area (Å²) in [5, 5.41) is 3.54. The first-order chi connectivity index (χ1) is 9.17. The summed E-state index contributed by atoms with van der Waals surface area (Å²) in [7, 11) is 1.69. The van der Waals surface area contributed by atoms with Gasteiger partial charge in [-0.3, -0.25) is 0 Å². The van der Waals surface area contributed by atoms with Crippen molar-refractivity contribution in [1.82, 2.24) is 0 Å². The molecule has 0 aliphatic heterocycles. The van der Waals surface area contributed by atoms with Crippen LogP contribution < -0.4 is 10.1 Å². The average molecular weight is 328 g/mol. The van der Waals surface area contributed by atoms with Crippen molar-refractivity contribution in [2.24, 2.45) is 0 Å². The summed E-state index contributed by atoms with van der Waals surface area (Å²) in [6.07, 6.45) is 7.95. The maximum Gasteiger partial charge on any atom is 0.133 e. The Morgan fingerprint density at radius 1 is 1.21 bits per heavy atom. The number of hydrogen-bond donors (Lipinski definition) is 1. The summed E-state index contributed by atoms with van der Waals surface area (Å²) in [6, 6.07) is 6.64. The molecule has 0 aliphatic rings. The standard InChI is InChI=1S/C16H26BrNO/c1-4-5-6-7-8-9-13(2)18-14-10-11-16(19-3)15(17)12-14/h10-13,18H,4-9H2,1-3H3. The van der Waals surface area contributed by atoms with Crippen molar-refractivity contribution in [1.29, 1.82) is 0 Å². The highest BCUT2D eigenvalue weighted by Crippen LogP contribution is 2.28. The number of benzene rings is 1. The van der Waals surface area contributed by atoms with E-state index in [4.69, 9.17) is 4.74 Å². The van der Waals surface area contributed by atoms with Crippen molar-refractivity contribution in [3.8, 4) is 5.75 Å². The molecule has 0 aliphatic carbocycles. The lowest BCUT2D eigenvalue weighted by Crippen LogP contribution is -2.14. The Morgan fingerprint density at radius 3 is 2.58 bits per heavy atom. The minimum Gasteiger partial charge on any atom is -0.496 e. The zero-order valence-electron chi connectivity index (χ0n) is 12.3. The number of anilines is 1. The van der Waals surface area contributed by atoms with Crippen LogP contribution in [0.4, 0.5) is 5.69 Å². The molecule has 108 valence electrons. The van der Waals surface area contributed by atoms with Crippen LogP contribution in [-0.4, -0.2) is 13.2 Å². The average Bonchev–Trinajstić information content (AvgIpc) is 2.39. The molecule has 1 N–H and O–H groups in total. The lowest BCUT2D eigenvalue weighted by molar-refractivity contribution is 0.412. The molecule has 2 nitrogen and oxygen atoms in total. The number of unbranched alkanes of at least 4 members (excludes halogenated alkanes) is 4. The van der Waals surface area contributed by atoms with Crippen LogP contribution in [0.25, 0.3) is 0 Å². The van der Waals surface area contributed by atoms with Gasteiger partial charge in [-0.15, -0.1) is 0 Å². The lowest BCUT2D eigenvalue weighted by Gasteiger charge is -2.16. The fourth-order valence-electron chi connectivity index (χ4n) is 2.17. The van der Waals surface area contributed by atoms with Crippen LogP contribution in [0.3, 0.4) is 0 Å². The Bertz CT molecular complexity index is 368. The molecular weight excluding hydrogens is 302 g/mol. The number of halogens is 1. The Kier molecular flexibility index (Phi) is 7.96. The maximum absolute atomic E-state index is 5.23. The van der Waals surface area contributed by atoms with Crippen LogP contribution in [0.1, 0.15) is 52.4 Å². The van der Waals surface area contributed by atoms with E-state index in [1.807, 2.05) is 6.07 Å². The van der Waals surface area contributed by atoms with Crippen molar-refractivity contribution in [3.63, 3.8) is 0 Å². The summed E-state index contributed by atoms with van der Waals surface area (Å²) in [6.45, 7) is 4.50. The number of ether oxygens (including phenoxy) is 1. The van der Waals surface area contributed by atoms with Gasteiger partial charge >= 0.3 is 0 Å². The highest BCUT2D eigenvalue weighted by molar-refractivity contribution is 9.10. The van der Waals surface area contributed by atoms with Crippen LogP contribution >= 0.6 is 15.9 Å². The molecular formula is C16H26BrNO. The summed E-state index contributed by atoms with van der Waals surface area (Å²) >= 11 is 3.51. The van der Waals surface area contributed by atoms with E-state index in [-0.39, 0.29) is 0 Å². The van der Waals surface area contributed by atoms with E-state index in [1.165, 1.54) is 38.5 Å². The van der Waals surface area contributed by atoms with Gasteiger partial charge < -0.3 is 10.1 Å². The summed E-state index contributed by atoms with van der Waals surface area (Å²) in [5.41, 5.74) is 1.15. The minimum absolute atomic E-state index is 0.516. The second-order valence-electron chi connectivity index (χ2n) is 5.10. The Morgan fingerprint density at radius 2 is 1.95 bits per heavy atom. The molecule has 19 heavy (non-hydrogen) atoms. The molecule has 1 unspecified atom stereocenters. The zero-order chi connectivity index (χ0) is 14.1. The molecule has 1 atom stereocenters. The van der Waals surface area contributed by atoms with Crippen molar-refractivity contribution < 1.29 is 4.74 Å². The fourth-order valence-corrected chi connectivity index (χ4v) is 2.71. The molecule has 0 aromatic heterocycles. The molecule has 0 amide bonds. The van der Waals surface area contributed by atoms with Crippen LogP contribution in [0, 0.1) is 0 Å². The van der Waals surface area contributed by atoms with E-state index in [1.54, 1.807) is 7.11 Å². The van der Waals surface area contributed by atoms with Gasteiger partial charge in [0.2, 0.25) is 0 Å². The number of nitrogens with one attached hydrogen (secondary N) is 1. The molecule has 3 heteroatoms. The summed E-state index contributed by atoms with van der Waals surface area (Å²) < 4.78 is 6.23. The monoisotopic (exact) mass is 327 g/mol. The van der Waals surface area contributed by atoms with E-state index in [0.717, 1.165) is 15.9 Å². The molecule has 0 heterocycles. The van der Waals surface area contributed by atoms with Gasteiger partial charge in [0.1, 0.15) is 5.75 Å². The first-order valence-electron chi connectivity index (χ1n) is 7.27. The Labute approximate surface area is 126 Å². The van der Waals surface area contributed by atoms with E-state index < -0.39 is 0 Å². The van der Waals surface area contributed by atoms with Gasteiger partial charge in [0.05, 0.1) is 11.6 Å². The van der Waals surface area contributed by atoms with Gasteiger partial charge in [0.25, 0.3) is 0 Å². The number of hydrogen-bond acceptors (Lipinski definition) is 2. The van der Waals surface area contributed by atoms with E-state index in [9.17, 15) is 0 Å². The maximum atomic E-state index is 5.23. The van der Waals surface area contributed by atoms with Crippen LogP contribution in [0.15, 0.2) is 22.7 Å². The van der Waals surface area contributed by atoms with Crippen molar-refractivity contribution in [2.45, 2.75) is 58.4 Å². The molecule has 0 saturated heterocycles. The largest absolute Gasteiger partial charge is 0.496 e. The number of rotatable bonds is 9. The minimum atomic E-state index is 0.516. The Hall–Kier alpha value is -0.700. The fraction of sp³-hybridized carbons (Fsp3) is 0.625. The molecule has 1 aromatic carbocycles. The smallest absolute Gasteiger partial charge is 0.133 e. The molecule has 0 spiro atoms. The van der Waals surface area contributed by atoms with Gasteiger partial charge in [-0.25, -0.2) is 0 Å². The van der Waals surface area contributed by atoms with Gasteiger partial charge in [-0.05, 0) is 47.5 Å². The highest BCUT2D eigenvalue weighted by atomic mass is 79.9. The molecule has 1 rings (SSSR count). The van der Waals surface area contributed by atoms with Crippen molar-refractivity contribution >= 4 is 21.6 Å². The summed E-state index contributed by atoms with van der Waals surface area (Å²) in [4.78, 5) is 0. The van der Waals surface area contributed by atoms with Crippen LogP contribution in [0.2, 0.25) is 0 Å². The van der Waals surface area contributed by atoms with Gasteiger partial charge in [0.15, 0.2) is 0 Å². The third kappa shape index (κ3) is 6.33. The normalized spacial score (nSPS) is 12.2. The van der Waals surface area contributed by atoms with Crippen LogP contribution in [-0.2, 0) is 0 Å². The van der Waals surface area contributed by atoms with Crippen molar-refractivity contribution in [2.75, 3.05) is 12.4 Å². The van der Waals surface area contributed by atoms with E-state index >= 15 is 0 Å². The zero-order valence-corrected chi connectivity index (χ0v) is 13.9. The van der Waals surface area contributed by atoms with Crippen LogP contribution in [0.5, 0.6) is 5.75 Å². The van der Waals surface area contributed by atoms with Crippen molar-refractivity contribution in [3.05, 3.63) is 22.7 Å². The van der Waals surface area contributed by atoms with Gasteiger partial charge in [-0.2, -0.15) is 0 Å². The molecule has 0 bridgehead atoms.